The Morgan fingerprint density at radius 1 is 0.850 bits per heavy atom. The zero-order valence-electron chi connectivity index (χ0n) is 10.1. The first kappa shape index (κ1) is 19.5. The molecule has 13 heteroatoms. The number of rotatable bonds is 8. The van der Waals surface area contributed by atoms with Gasteiger partial charge in [-0.15, -0.1) is 0 Å². The van der Waals surface area contributed by atoms with Crippen LogP contribution in [0.15, 0.2) is 0 Å². The molecular weight excluding hydrogens is 339 g/mol. The molecule has 0 amide bonds. The molecule has 20 heavy (non-hydrogen) atoms. The first-order valence-electron chi connectivity index (χ1n) is 4.78. The van der Waals surface area contributed by atoms with Gasteiger partial charge in [-0.25, -0.2) is 4.39 Å². The zero-order chi connectivity index (χ0) is 16.4. The molecule has 0 N–H and O–H groups in total. The van der Waals surface area contributed by atoms with Gasteiger partial charge in [-0.2, -0.15) is 34.4 Å². The third-order valence-corrected chi connectivity index (χ3v) is 4.33. The van der Waals surface area contributed by atoms with E-state index in [4.69, 9.17) is 0 Å². The second-order valence-electron chi connectivity index (χ2n) is 3.69. The molecule has 0 radical (unpaired) electrons. The lowest BCUT2D eigenvalue weighted by Crippen LogP contribution is -2.32. The maximum Gasteiger partial charge on any atom is 0.367 e. The van der Waals surface area contributed by atoms with E-state index in [-0.39, 0.29) is 13.8 Å². The molecule has 0 bridgehead atoms. The monoisotopic (exact) mass is 350 g/mol. The van der Waals surface area contributed by atoms with E-state index in [9.17, 15) is 38.8 Å². The Morgan fingerprint density at radius 3 is 1.30 bits per heavy atom. The van der Waals surface area contributed by atoms with Gasteiger partial charge in [0.25, 0.3) is 0 Å². The lowest BCUT2D eigenvalue weighted by molar-refractivity contribution is 0.0696. The largest absolute Gasteiger partial charge is 0.367 e. The summed E-state index contributed by atoms with van der Waals surface area (Å²) in [6.07, 6.45) is -2.52. The predicted molar refractivity (Wildman–Crippen MR) is 55.9 cm³/mol. The van der Waals surface area contributed by atoms with Crippen LogP contribution in [0, 0.1) is 0 Å². The van der Waals surface area contributed by atoms with Crippen molar-refractivity contribution in [3.63, 3.8) is 0 Å². The van der Waals surface area contributed by atoms with Crippen LogP contribution in [-0.2, 0) is 28.6 Å². The maximum atomic E-state index is 13.0. The normalized spacial score (nSPS) is 14.8. The van der Waals surface area contributed by atoms with Gasteiger partial charge in [-0.1, -0.05) is 0 Å². The summed E-state index contributed by atoms with van der Waals surface area (Å²) >= 11 is 0. The van der Waals surface area contributed by atoms with E-state index in [0.29, 0.717) is 0 Å². The van der Waals surface area contributed by atoms with Crippen molar-refractivity contribution in [2.75, 3.05) is 13.2 Å². The minimum absolute atomic E-state index is 0.0197. The molecule has 6 nitrogen and oxygen atoms in total. The van der Waals surface area contributed by atoms with Crippen LogP contribution in [0.5, 0.6) is 0 Å². The fourth-order valence-electron chi connectivity index (χ4n) is 0.582. The molecule has 0 aliphatic rings. The summed E-state index contributed by atoms with van der Waals surface area (Å²) in [5.41, 5.74) is 0. The van der Waals surface area contributed by atoms with E-state index >= 15 is 0 Å². The van der Waals surface area contributed by atoms with Crippen LogP contribution in [0.25, 0.3) is 0 Å². The average Bonchev–Trinajstić information content (AvgIpc) is 2.20. The molecule has 0 heterocycles. The Kier molecular flexibility index (Phi) is 5.91. The van der Waals surface area contributed by atoms with Gasteiger partial charge in [-0.3, -0.25) is 8.37 Å². The highest BCUT2D eigenvalue weighted by Gasteiger charge is 2.43. The minimum atomic E-state index is -5.40. The lowest BCUT2D eigenvalue weighted by Gasteiger charge is -2.15. The molecule has 122 valence electrons. The minimum Gasteiger partial charge on any atom is -0.262 e. The summed E-state index contributed by atoms with van der Waals surface area (Å²) in [6, 6.07) is 0. The molecule has 0 fully saturated rings. The van der Waals surface area contributed by atoms with Crippen molar-refractivity contribution in [2.24, 2.45) is 0 Å². The van der Waals surface area contributed by atoms with Crippen molar-refractivity contribution in [2.45, 2.75) is 30.5 Å². The number of hydrogen-bond acceptors (Lipinski definition) is 6. The third kappa shape index (κ3) is 5.46. The molecule has 0 saturated heterocycles. The Balaban J connectivity index is 4.46. The summed E-state index contributed by atoms with van der Waals surface area (Å²) in [5.74, 6) is 0. The smallest absolute Gasteiger partial charge is 0.262 e. The van der Waals surface area contributed by atoms with Gasteiger partial charge in [0.2, 0.25) is 0 Å². The number of halogens is 5. The predicted octanol–water partition coefficient (Wildman–Crippen LogP) is 1.24. The highest BCUT2D eigenvalue weighted by molar-refractivity contribution is 7.88. The summed E-state index contributed by atoms with van der Waals surface area (Å²) in [6.45, 7) is -3.05. The van der Waals surface area contributed by atoms with Gasteiger partial charge >= 0.3 is 30.7 Å². The molecule has 0 atom stereocenters. The first-order chi connectivity index (χ1) is 8.60. The molecular formula is C7H11F5O6S2. The maximum absolute atomic E-state index is 13.0. The molecule has 0 aromatic heterocycles. The van der Waals surface area contributed by atoms with Gasteiger partial charge in [0.05, 0.1) is 0 Å². The summed E-state index contributed by atoms with van der Waals surface area (Å²) in [5, 5.41) is -8.59. The van der Waals surface area contributed by atoms with Crippen LogP contribution in [0.1, 0.15) is 13.8 Å². The molecule has 0 aliphatic heterocycles. The van der Waals surface area contributed by atoms with Gasteiger partial charge < -0.3 is 0 Å². The molecule has 0 aromatic carbocycles. The quantitative estimate of drug-likeness (QED) is 0.484. The fraction of sp³-hybridized carbons (Fsp3) is 1.00. The highest BCUT2D eigenvalue weighted by atomic mass is 32.2. The van der Waals surface area contributed by atoms with E-state index < -0.39 is 50.1 Å². The van der Waals surface area contributed by atoms with E-state index in [0.717, 1.165) is 0 Å². The zero-order valence-corrected chi connectivity index (χ0v) is 11.8. The van der Waals surface area contributed by atoms with Crippen molar-refractivity contribution in [1.82, 2.24) is 0 Å². The van der Waals surface area contributed by atoms with E-state index in [2.05, 4.69) is 8.37 Å². The van der Waals surface area contributed by atoms with E-state index in [1.165, 1.54) is 0 Å². The second-order valence-corrected chi connectivity index (χ2v) is 7.41. The second kappa shape index (κ2) is 6.07. The molecule has 0 aliphatic carbocycles. The SMILES string of the molecule is CC(F)(F)S(=O)(=O)OCC(F)COS(=O)(=O)C(C)(F)F. The van der Waals surface area contributed by atoms with Gasteiger partial charge in [0, 0.05) is 13.8 Å². The summed E-state index contributed by atoms with van der Waals surface area (Å²) < 4.78 is 113. The highest BCUT2D eigenvalue weighted by Crippen LogP contribution is 2.24. The van der Waals surface area contributed by atoms with Crippen LogP contribution in [0.3, 0.4) is 0 Å². The first-order valence-corrected chi connectivity index (χ1v) is 7.59. The third-order valence-electron chi connectivity index (χ3n) is 1.69. The van der Waals surface area contributed by atoms with Crippen LogP contribution in [0.2, 0.25) is 0 Å². The van der Waals surface area contributed by atoms with Gasteiger partial charge in [0.1, 0.15) is 19.4 Å². The Hall–Kier alpha value is -0.530. The summed E-state index contributed by atoms with van der Waals surface area (Å²) in [7, 11) is -10.8. The molecule has 0 aromatic rings. The Morgan fingerprint density at radius 2 is 1.10 bits per heavy atom. The van der Waals surface area contributed by atoms with Gasteiger partial charge in [0.15, 0.2) is 0 Å². The van der Waals surface area contributed by atoms with E-state index in [1.807, 2.05) is 0 Å². The standard InChI is InChI=1S/C7H11F5O6S2/c1-6(9,10)19(13,14)17-3-5(8)4-18-20(15,16)7(2,11)12/h5H,3-4H2,1-2H3. The topological polar surface area (TPSA) is 86.7 Å². The van der Waals surface area contributed by atoms with Crippen molar-refractivity contribution in [3.05, 3.63) is 0 Å². The molecule has 0 unspecified atom stereocenters. The van der Waals surface area contributed by atoms with Crippen molar-refractivity contribution in [1.29, 1.82) is 0 Å². The van der Waals surface area contributed by atoms with Crippen LogP contribution >= 0.6 is 0 Å². The Bertz CT molecular complexity index is 469. The van der Waals surface area contributed by atoms with E-state index in [1.54, 1.807) is 0 Å². The van der Waals surface area contributed by atoms with Crippen LogP contribution in [-0.4, -0.2) is 46.7 Å². The van der Waals surface area contributed by atoms with Crippen molar-refractivity contribution < 1.29 is 47.2 Å². The van der Waals surface area contributed by atoms with Crippen LogP contribution in [0.4, 0.5) is 22.0 Å². The molecule has 0 spiro atoms. The summed E-state index contributed by atoms with van der Waals surface area (Å²) in [4.78, 5) is 0. The fourth-order valence-corrected chi connectivity index (χ4v) is 1.65. The number of alkyl halides is 5. The lowest BCUT2D eigenvalue weighted by atomic mass is 10.4. The Labute approximate surface area is 112 Å². The molecule has 0 rings (SSSR count). The van der Waals surface area contributed by atoms with Gasteiger partial charge in [-0.05, 0) is 0 Å². The van der Waals surface area contributed by atoms with Crippen molar-refractivity contribution in [3.8, 4) is 0 Å². The molecule has 0 saturated carbocycles. The van der Waals surface area contributed by atoms with Crippen LogP contribution < -0.4 is 0 Å². The van der Waals surface area contributed by atoms with Crippen molar-refractivity contribution >= 4 is 20.2 Å². The number of hydrogen-bond donors (Lipinski definition) is 0. The average molecular weight is 350 g/mol.